The van der Waals surface area contributed by atoms with E-state index in [-0.39, 0.29) is 5.54 Å². The Balaban J connectivity index is 1.95. The third kappa shape index (κ3) is 7.98. The predicted molar refractivity (Wildman–Crippen MR) is 76.4 cm³/mol. The molecular formula is C16H27N. The molecule has 0 spiro atoms. The summed E-state index contributed by atoms with van der Waals surface area (Å²) in [5.74, 6) is 0. The van der Waals surface area contributed by atoms with Crippen molar-refractivity contribution < 1.29 is 0 Å². The molecular weight excluding hydrogens is 206 g/mol. The summed E-state index contributed by atoms with van der Waals surface area (Å²) in [6.45, 7) is 7.82. The summed E-state index contributed by atoms with van der Waals surface area (Å²) >= 11 is 0. The minimum Gasteiger partial charge on any atom is -0.312 e. The fourth-order valence-electron chi connectivity index (χ4n) is 1.92. The molecule has 0 radical (unpaired) electrons. The van der Waals surface area contributed by atoms with Crippen molar-refractivity contribution in [2.75, 3.05) is 6.54 Å². The number of aryl methyl sites for hydroxylation is 1. The minimum absolute atomic E-state index is 0.268. The van der Waals surface area contributed by atoms with E-state index in [0.717, 1.165) is 6.54 Å². The van der Waals surface area contributed by atoms with Crippen LogP contribution in [0.25, 0.3) is 0 Å². The summed E-state index contributed by atoms with van der Waals surface area (Å²) in [4.78, 5) is 0. The van der Waals surface area contributed by atoms with E-state index < -0.39 is 0 Å². The van der Waals surface area contributed by atoms with Crippen LogP contribution in [-0.4, -0.2) is 12.1 Å². The molecule has 1 N–H and O–H groups in total. The van der Waals surface area contributed by atoms with E-state index in [2.05, 4.69) is 56.4 Å². The SMILES string of the molecule is CC(C)(C)NCCCCCCc1ccccc1. The van der Waals surface area contributed by atoms with Crippen LogP contribution in [0, 0.1) is 0 Å². The molecule has 1 heteroatoms. The van der Waals surface area contributed by atoms with Gasteiger partial charge in [-0.1, -0.05) is 43.2 Å². The number of hydrogen-bond acceptors (Lipinski definition) is 1. The number of rotatable bonds is 7. The first-order valence-electron chi connectivity index (χ1n) is 6.87. The molecule has 96 valence electrons. The molecule has 0 aliphatic carbocycles. The van der Waals surface area contributed by atoms with Crippen molar-refractivity contribution in [2.24, 2.45) is 0 Å². The Morgan fingerprint density at radius 2 is 1.53 bits per heavy atom. The van der Waals surface area contributed by atoms with Crippen molar-refractivity contribution in [3.05, 3.63) is 35.9 Å². The summed E-state index contributed by atoms with van der Waals surface area (Å²) in [6, 6.07) is 10.8. The molecule has 1 rings (SSSR count). The Labute approximate surface area is 107 Å². The highest BCUT2D eigenvalue weighted by molar-refractivity contribution is 5.14. The van der Waals surface area contributed by atoms with E-state index in [4.69, 9.17) is 0 Å². The fourth-order valence-corrected chi connectivity index (χ4v) is 1.92. The summed E-state index contributed by atoms with van der Waals surface area (Å²) < 4.78 is 0. The standard InChI is InChI=1S/C16H27N/c1-16(2,3)17-14-10-5-4-7-11-15-12-8-6-9-13-15/h6,8-9,12-13,17H,4-5,7,10-11,14H2,1-3H3. The number of benzene rings is 1. The maximum atomic E-state index is 3.53. The van der Waals surface area contributed by atoms with Gasteiger partial charge < -0.3 is 5.32 Å². The van der Waals surface area contributed by atoms with Gasteiger partial charge >= 0.3 is 0 Å². The summed E-state index contributed by atoms with van der Waals surface area (Å²) in [6.07, 6.45) is 6.54. The second kappa shape index (κ2) is 7.50. The predicted octanol–water partition coefficient (Wildman–Crippen LogP) is 4.18. The molecule has 1 aromatic carbocycles. The van der Waals surface area contributed by atoms with E-state index in [0.29, 0.717) is 0 Å². The molecule has 1 aromatic rings. The van der Waals surface area contributed by atoms with Crippen LogP contribution in [0.15, 0.2) is 30.3 Å². The van der Waals surface area contributed by atoms with Gasteiger partial charge in [0, 0.05) is 5.54 Å². The summed E-state index contributed by atoms with van der Waals surface area (Å²) in [7, 11) is 0. The molecule has 0 amide bonds. The number of hydrogen-bond donors (Lipinski definition) is 1. The zero-order chi connectivity index (χ0) is 12.6. The van der Waals surface area contributed by atoms with E-state index >= 15 is 0 Å². The van der Waals surface area contributed by atoms with Crippen LogP contribution in [0.2, 0.25) is 0 Å². The van der Waals surface area contributed by atoms with E-state index in [1.165, 1.54) is 37.7 Å². The molecule has 0 atom stereocenters. The van der Waals surface area contributed by atoms with Crippen molar-refractivity contribution in [3.63, 3.8) is 0 Å². The minimum atomic E-state index is 0.268. The van der Waals surface area contributed by atoms with Crippen LogP contribution in [0.1, 0.15) is 52.0 Å². The lowest BCUT2D eigenvalue weighted by atomic mass is 10.1. The lowest BCUT2D eigenvalue weighted by molar-refractivity contribution is 0.416. The van der Waals surface area contributed by atoms with Crippen molar-refractivity contribution in [3.8, 4) is 0 Å². The Morgan fingerprint density at radius 3 is 2.18 bits per heavy atom. The van der Waals surface area contributed by atoms with Gasteiger partial charge in [-0.05, 0) is 52.1 Å². The second-order valence-electron chi connectivity index (χ2n) is 5.83. The fraction of sp³-hybridized carbons (Fsp3) is 0.625. The molecule has 0 fully saturated rings. The molecule has 0 bridgehead atoms. The van der Waals surface area contributed by atoms with Crippen molar-refractivity contribution in [2.45, 2.75) is 58.4 Å². The lowest BCUT2D eigenvalue weighted by Gasteiger charge is -2.20. The Hall–Kier alpha value is -0.820. The van der Waals surface area contributed by atoms with E-state index in [1.807, 2.05) is 0 Å². The van der Waals surface area contributed by atoms with Gasteiger partial charge in [-0.25, -0.2) is 0 Å². The maximum Gasteiger partial charge on any atom is 0.00965 e. The monoisotopic (exact) mass is 233 g/mol. The normalized spacial score (nSPS) is 11.7. The van der Waals surface area contributed by atoms with Crippen LogP contribution in [-0.2, 0) is 6.42 Å². The molecule has 1 nitrogen and oxygen atoms in total. The van der Waals surface area contributed by atoms with Crippen molar-refractivity contribution >= 4 is 0 Å². The molecule has 0 unspecified atom stereocenters. The van der Waals surface area contributed by atoms with Crippen LogP contribution < -0.4 is 5.32 Å². The quantitative estimate of drug-likeness (QED) is 0.697. The van der Waals surface area contributed by atoms with Gasteiger partial charge in [0.1, 0.15) is 0 Å². The maximum absolute atomic E-state index is 3.53. The van der Waals surface area contributed by atoms with Crippen LogP contribution >= 0.6 is 0 Å². The zero-order valence-corrected chi connectivity index (χ0v) is 11.6. The molecule has 0 heterocycles. The topological polar surface area (TPSA) is 12.0 Å². The van der Waals surface area contributed by atoms with Crippen LogP contribution in [0.3, 0.4) is 0 Å². The molecule has 0 aliphatic heterocycles. The smallest absolute Gasteiger partial charge is 0.00965 e. The Morgan fingerprint density at radius 1 is 0.882 bits per heavy atom. The second-order valence-corrected chi connectivity index (χ2v) is 5.83. The van der Waals surface area contributed by atoms with Crippen molar-refractivity contribution in [1.82, 2.24) is 5.32 Å². The molecule has 0 aromatic heterocycles. The molecule has 0 saturated heterocycles. The summed E-state index contributed by atoms with van der Waals surface area (Å²) in [5, 5.41) is 3.53. The van der Waals surface area contributed by atoms with Gasteiger partial charge in [0.15, 0.2) is 0 Å². The first-order chi connectivity index (χ1) is 8.08. The number of nitrogens with one attached hydrogen (secondary N) is 1. The van der Waals surface area contributed by atoms with Gasteiger partial charge in [0.05, 0.1) is 0 Å². The van der Waals surface area contributed by atoms with Crippen molar-refractivity contribution in [1.29, 1.82) is 0 Å². The van der Waals surface area contributed by atoms with E-state index in [1.54, 1.807) is 0 Å². The third-order valence-electron chi connectivity index (χ3n) is 2.89. The van der Waals surface area contributed by atoms with E-state index in [9.17, 15) is 0 Å². The average Bonchev–Trinajstić information content (AvgIpc) is 2.28. The highest BCUT2D eigenvalue weighted by Crippen LogP contribution is 2.07. The first kappa shape index (κ1) is 14.2. The largest absolute Gasteiger partial charge is 0.312 e. The zero-order valence-electron chi connectivity index (χ0n) is 11.6. The lowest BCUT2D eigenvalue weighted by Crippen LogP contribution is -2.36. The summed E-state index contributed by atoms with van der Waals surface area (Å²) in [5.41, 5.74) is 1.74. The van der Waals surface area contributed by atoms with Crippen LogP contribution in [0.5, 0.6) is 0 Å². The van der Waals surface area contributed by atoms with Gasteiger partial charge in [-0.2, -0.15) is 0 Å². The molecule has 0 aliphatic rings. The Bertz CT molecular complexity index is 284. The van der Waals surface area contributed by atoms with Gasteiger partial charge in [0.25, 0.3) is 0 Å². The van der Waals surface area contributed by atoms with Gasteiger partial charge in [-0.15, -0.1) is 0 Å². The molecule has 0 saturated carbocycles. The average molecular weight is 233 g/mol. The molecule has 17 heavy (non-hydrogen) atoms. The highest BCUT2D eigenvalue weighted by atomic mass is 14.9. The van der Waals surface area contributed by atoms with Gasteiger partial charge in [-0.3, -0.25) is 0 Å². The third-order valence-corrected chi connectivity index (χ3v) is 2.89. The van der Waals surface area contributed by atoms with Gasteiger partial charge in [0.2, 0.25) is 0 Å². The Kier molecular flexibility index (Phi) is 6.28. The first-order valence-corrected chi connectivity index (χ1v) is 6.87. The van der Waals surface area contributed by atoms with Crippen LogP contribution in [0.4, 0.5) is 0 Å². The number of unbranched alkanes of at least 4 members (excludes halogenated alkanes) is 3. The highest BCUT2D eigenvalue weighted by Gasteiger charge is 2.06.